The lowest BCUT2D eigenvalue weighted by molar-refractivity contribution is -0.941. The molecule has 0 aliphatic rings. The van der Waals surface area contributed by atoms with Crippen molar-refractivity contribution in [3.05, 3.63) is 35.9 Å². The van der Waals surface area contributed by atoms with Gasteiger partial charge in [0.1, 0.15) is 6.54 Å². The molecular formula is C20H35N2O+. The fraction of sp³-hybridized carbons (Fsp3) is 0.650. The van der Waals surface area contributed by atoms with Gasteiger partial charge in [-0.15, -0.1) is 0 Å². The van der Waals surface area contributed by atoms with Crippen molar-refractivity contribution in [3.8, 4) is 6.26 Å². The van der Waals surface area contributed by atoms with Crippen LogP contribution in [0.5, 0.6) is 0 Å². The number of unbranched alkanes of at least 4 members (excludes halogenated alkanes) is 3. The SMILES string of the molecule is CCCC[N+](CCCC)(CCCC)Cc1ccccc1.N#CO. The molecule has 0 unspecified atom stereocenters. The van der Waals surface area contributed by atoms with E-state index in [9.17, 15) is 0 Å². The Morgan fingerprint density at radius 3 is 1.61 bits per heavy atom. The molecule has 0 bridgehead atoms. The van der Waals surface area contributed by atoms with Gasteiger partial charge in [-0.1, -0.05) is 70.4 Å². The molecule has 1 N–H and O–H groups in total. The van der Waals surface area contributed by atoms with Gasteiger partial charge in [0.2, 0.25) is 0 Å². The second kappa shape index (κ2) is 14.1. The van der Waals surface area contributed by atoms with Crippen LogP contribution in [0, 0.1) is 11.5 Å². The van der Waals surface area contributed by atoms with Gasteiger partial charge in [-0.05, 0) is 19.3 Å². The third-order valence-electron chi connectivity index (χ3n) is 4.32. The predicted octanol–water partition coefficient (Wildman–Crippen LogP) is 5.24. The molecule has 1 aromatic rings. The van der Waals surface area contributed by atoms with Crippen molar-refractivity contribution in [2.75, 3.05) is 19.6 Å². The van der Waals surface area contributed by atoms with E-state index in [2.05, 4.69) is 51.1 Å². The van der Waals surface area contributed by atoms with Crippen LogP contribution in [0.4, 0.5) is 0 Å². The van der Waals surface area contributed by atoms with E-state index in [0.717, 1.165) is 6.26 Å². The Morgan fingerprint density at radius 2 is 1.26 bits per heavy atom. The van der Waals surface area contributed by atoms with Crippen molar-refractivity contribution in [3.63, 3.8) is 0 Å². The molecule has 23 heavy (non-hydrogen) atoms. The van der Waals surface area contributed by atoms with Crippen molar-refractivity contribution in [1.82, 2.24) is 0 Å². The molecule has 0 atom stereocenters. The second-order valence-electron chi connectivity index (χ2n) is 6.32. The summed E-state index contributed by atoms with van der Waals surface area (Å²) in [5.41, 5.74) is 1.51. The van der Waals surface area contributed by atoms with Crippen molar-refractivity contribution >= 4 is 0 Å². The van der Waals surface area contributed by atoms with Gasteiger partial charge in [0.15, 0.2) is 0 Å². The number of quaternary nitrogens is 1. The van der Waals surface area contributed by atoms with Gasteiger partial charge in [0.25, 0.3) is 6.26 Å². The van der Waals surface area contributed by atoms with Gasteiger partial charge in [0, 0.05) is 5.56 Å². The average Bonchev–Trinajstić information content (AvgIpc) is 2.58. The molecule has 0 aliphatic heterocycles. The van der Waals surface area contributed by atoms with Gasteiger partial charge in [-0.3, -0.25) is 0 Å². The van der Waals surface area contributed by atoms with Crippen LogP contribution in [0.15, 0.2) is 30.3 Å². The maximum atomic E-state index is 6.88. The summed E-state index contributed by atoms with van der Waals surface area (Å²) in [5, 5.41) is 13.8. The molecule has 0 aliphatic carbocycles. The van der Waals surface area contributed by atoms with E-state index >= 15 is 0 Å². The molecule has 0 spiro atoms. The number of benzene rings is 1. The monoisotopic (exact) mass is 319 g/mol. The van der Waals surface area contributed by atoms with E-state index in [-0.39, 0.29) is 0 Å². The molecule has 1 rings (SSSR count). The Kier molecular flexibility index (Phi) is 13.2. The zero-order valence-corrected chi connectivity index (χ0v) is 15.3. The van der Waals surface area contributed by atoms with Gasteiger partial charge < -0.3 is 9.59 Å². The molecule has 0 radical (unpaired) electrons. The van der Waals surface area contributed by atoms with Gasteiger partial charge in [-0.25, -0.2) is 0 Å². The minimum absolute atomic E-state index is 0.750. The molecule has 0 fully saturated rings. The van der Waals surface area contributed by atoms with E-state index in [4.69, 9.17) is 10.4 Å². The molecule has 0 amide bonds. The van der Waals surface area contributed by atoms with Crippen LogP contribution < -0.4 is 0 Å². The number of nitrogens with zero attached hydrogens (tertiary/aromatic N) is 2. The largest absolute Gasteiger partial charge is 0.443 e. The first-order valence-electron chi connectivity index (χ1n) is 9.10. The summed E-state index contributed by atoms with van der Waals surface area (Å²) in [6.45, 7) is 12.2. The normalized spacial score (nSPS) is 10.5. The minimum Gasteiger partial charge on any atom is -0.443 e. The Bertz CT molecular complexity index is 390. The number of aliphatic hydroxyl groups excluding tert-OH is 1. The smallest absolute Gasteiger partial charge is 0.283 e. The maximum Gasteiger partial charge on any atom is 0.283 e. The zero-order chi connectivity index (χ0) is 17.4. The number of rotatable bonds is 11. The van der Waals surface area contributed by atoms with Crippen molar-refractivity contribution < 1.29 is 9.59 Å². The first-order valence-corrected chi connectivity index (χ1v) is 9.10. The summed E-state index contributed by atoms with van der Waals surface area (Å²) in [6, 6.07) is 11.1. The highest BCUT2D eigenvalue weighted by Gasteiger charge is 2.25. The lowest BCUT2D eigenvalue weighted by Crippen LogP contribution is -2.49. The van der Waals surface area contributed by atoms with E-state index in [0.29, 0.717) is 0 Å². The summed E-state index contributed by atoms with van der Waals surface area (Å²) in [6.07, 6.45) is 8.77. The highest BCUT2D eigenvalue weighted by molar-refractivity contribution is 5.13. The van der Waals surface area contributed by atoms with Crippen LogP contribution in [0.25, 0.3) is 0 Å². The zero-order valence-electron chi connectivity index (χ0n) is 15.3. The lowest BCUT2D eigenvalue weighted by atomic mass is 10.1. The summed E-state index contributed by atoms with van der Waals surface area (Å²) in [7, 11) is 0. The number of hydrogen-bond donors (Lipinski definition) is 1. The molecule has 3 nitrogen and oxygen atoms in total. The highest BCUT2D eigenvalue weighted by Crippen LogP contribution is 2.19. The number of hydrogen-bond acceptors (Lipinski definition) is 2. The molecule has 0 aromatic heterocycles. The van der Waals surface area contributed by atoms with E-state index < -0.39 is 0 Å². The molecule has 1 aromatic carbocycles. The van der Waals surface area contributed by atoms with Crippen LogP contribution in [0.2, 0.25) is 0 Å². The van der Waals surface area contributed by atoms with Crippen LogP contribution in [0.3, 0.4) is 0 Å². The lowest BCUT2D eigenvalue weighted by Gasteiger charge is -2.39. The minimum atomic E-state index is 0.750. The van der Waals surface area contributed by atoms with Gasteiger partial charge in [0.05, 0.1) is 19.6 Å². The van der Waals surface area contributed by atoms with E-state index in [1.165, 1.54) is 74.8 Å². The van der Waals surface area contributed by atoms with E-state index in [1.54, 1.807) is 0 Å². The second-order valence-corrected chi connectivity index (χ2v) is 6.32. The number of aliphatic hydroxyl groups is 1. The standard InChI is InChI=1S/C19H34N.CHNO/c1-4-7-15-20(16-8-5-2,17-9-6-3)18-19-13-11-10-12-14-19;2-1-3/h10-14H,4-9,15-18H2,1-3H3;3H/q+1;. The van der Waals surface area contributed by atoms with Crippen molar-refractivity contribution in [1.29, 1.82) is 5.26 Å². The summed E-state index contributed by atoms with van der Waals surface area (Å²) in [5.74, 6) is 0. The first kappa shape index (κ1) is 21.5. The fourth-order valence-electron chi connectivity index (χ4n) is 3.02. The van der Waals surface area contributed by atoms with Crippen LogP contribution in [0.1, 0.15) is 64.9 Å². The summed E-state index contributed by atoms with van der Waals surface area (Å²) >= 11 is 0. The maximum absolute atomic E-state index is 6.88. The third kappa shape index (κ3) is 9.97. The topological polar surface area (TPSA) is 44.0 Å². The van der Waals surface area contributed by atoms with E-state index in [1.807, 2.05) is 0 Å². The quantitative estimate of drug-likeness (QED) is 0.447. The number of nitriles is 1. The van der Waals surface area contributed by atoms with Gasteiger partial charge in [-0.2, -0.15) is 5.26 Å². The summed E-state index contributed by atoms with van der Waals surface area (Å²) < 4.78 is 1.31. The van der Waals surface area contributed by atoms with Crippen molar-refractivity contribution in [2.45, 2.75) is 65.8 Å². The van der Waals surface area contributed by atoms with Crippen LogP contribution in [-0.4, -0.2) is 29.2 Å². The predicted molar refractivity (Wildman–Crippen MR) is 97.3 cm³/mol. The fourth-order valence-corrected chi connectivity index (χ4v) is 3.02. The molecule has 3 heteroatoms. The summed E-state index contributed by atoms with van der Waals surface area (Å²) in [4.78, 5) is 0. The molecule has 0 saturated carbocycles. The Balaban J connectivity index is 0.00000149. The molecule has 0 saturated heterocycles. The Hall–Kier alpha value is -1.53. The molecule has 0 heterocycles. The van der Waals surface area contributed by atoms with Gasteiger partial charge >= 0.3 is 0 Å². The van der Waals surface area contributed by atoms with Crippen molar-refractivity contribution in [2.24, 2.45) is 0 Å². The molecule has 130 valence electrons. The van der Waals surface area contributed by atoms with Crippen LogP contribution >= 0.6 is 0 Å². The third-order valence-corrected chi connectivity index (χ3v) is 4.32. The Morgan fingerprint density at radius 1 is 0.870 bits per heavy atom. The van der Waals surface area contributed by atoms with Crippen LogP contribution in [-0.2, 0) is 6.54 Å². The average molecular weight is 320 g/mol. The molecular weight excluding hydrogens is 284 g/mol. The highest BCUT2D eigenvalue weighted by atomic mass is 16.2. The Labute approximate surface area is 143 Å². The first-order chi connectivity index (χ1) is 11.2.